The Labute approximate surface area is 129 Å². The average Bonchev–Trinajstić information content (AvgIpc) is 2.69. The second-order valence-electron chi connectivity index (χ2n) is 7.00. The van der Waals surface area contributed by atoms with Gasteiger partial charge in [-0.1, -0.05) is 43.4 Å². The molecule has 0 amide bonds. The van der Waals surface area contributed by atoms with Crippen molar-refractivity contribution in [1.29, 1.82) is 0 Å². The molecule has 2 heteroatoms. The van der Waals surface area contributed by atoms with Crippen LogP contribution in [-0.4, -0.2) is 18.7 Å². The predicted octanol–water partition coefficient (Wildman–Crippen LogP) is 4.25. The van der Waals surface area contributed by atoms with E-state index in [1.54, 1.807) is 0 Å². The van der Waals surface area contributed by atoms with Crippen LogP contribution >= 0.6 is 0 Å². The number of fused-ring (bicyclic) bond motifs is 1. The quantitative estimate of drug-likeness (QED) is 0.836. The van der Waals surface area contributed by atoms with Gasteiger partial charge in [-0.3, -0.25) is 0 Å². The van der Waals surface area contributed by atoms with Crippen LogP contribution in [0.2, 0.25) is 0 Å². The van der Waals surface area contributed by atoms with Crippen molar-refractivity contribution in [1.82, 2.24) is 5.32 Å². The van der Waals surface area contributed by atoms with E-state index < -0.39 is 0 Å². The summed E-state index contributed by atoms with van der Waals surface area (Å²) in [6.07, 6.45) is 9.88. The van der Waals surface area contributed by atoms with Gasteiger partial charge in [0.1, 0.15) is 11.9 Å². The van der Waals surface area contributed by atoms with Crippen molar-refractivity contribution in [3.63, 3.8) is 0 Å². The highest BCUT2D eigenvalue weighted by Crippen LogP contribution is 2.30. The molecule has 3 rings (SSSR count). The Morgan fingerprint density at radius 3 is 2.71 bits per heavy atom. The minimum atomic E-state index is 0.315. The lowest BCUT2D eigenvalue weighted by molar-refractivity contribution is 0.211. The Morgan fingerprint density at radius 1 is 1.19 bits per heavy atom. The fraction of sp³-hybridized carbons (Fsp3) is 0.684. The third-order valence-corrected chi connectivity index (χ3v) is 5.23. The largest absolute Gasteiger partial charge is 0.488 e. The number of ether oxygens (including phenoxy) is 1. The van der Waals surface area contributed by atoms with Crippen LogP contribution in [0.25, 0.3) is 0 Å². The number of nitrogens with one attached hydrogen (secondary N) is 1. The molecule has 21 heavy (non-hydrogen) atoms. The minimum Gasteiger partial charge on any atom is -0.488 e. The van der Waals surface area contributed by atoms with Crippen LogP contribution in [0.5, 0.6) is 5.75 Å². The molecule has 2 aliphatic rings. The number of hydrogen-bond acceptors (Lipinski definition) is 2. The van der Waals surface area contributed by atoms with Crippen molar-refractivity contribution in [2.45, 2.75) is 70.9 Å². The van der Waals surface area contributed by atoms with E-state index in [1.165, 1.54) is 49.7 Å². The summed E-state index contributed by atoms with van der Waals surface area (Å²) in [7, 11) is 0. The third kappa shape index (κ3) is 3.79. The number of aryl methyl sites for hydroxylation is 1. The lowest BCUT2D eigenvalue weighted by atomic mass is 9.93. The van der Waals surface area contributed by atoms with E-state index in [-0.39, 0.29) is 0 Å². The predicted molar refractivity (Wildman–Crippen MR) is 88.0 cm³/mol. The topological polar surface area (TPSA) is 21.3 Å². The van der Waals surface area contributed by atoms with Crippen molar-refractivity contribution in [2.24, 2.45) is 5.92 Å². The standard InChI is InChI=1S/C19H29NO/c1-14-9-10-19-17(11-14)12-18(21-19)13-20-15(2)16-7-5-3-4-6-8-16/h9-11,15-16,18,20H,3-8,12-13H2,1-2H3/t15-,18?/m1/s1. The highest BCUT2D eigenvalue weighted by atomic mass is 16.5. The van der Waals surface area contributed by atoms with E-state index in [1.807, 2.05) is 0 Å². The van der Waals surface area contributed by atoms with Crippen LogP contribution in [-0.2, 0) is 6.42 Å². The number of rotatable bonds is 4. The fourth-order valence-corrected chi connectivity index (χ4v) is 3.86. The van der Waals surface area contributed by atoms with Gasteiger partial charge in [0, 0.05) is 19.0 Å². The summed E-state index contributed by atoms with van der Waals surface area (Å²) in [5, 5.41) is 3.75. The molecule has 0 aromatic heterocycles. The van der Waals surface area contributed by atoms with Crippen LogP contribution in [0.4, 0.5) is 0 Å². The summed E-state index contributed by atoms with van der Waals surface area (Å²) in [4.78, 5) is 0. The molecule has 1 aromatic rings. The van der Waals surface area contributed by atoms with E-state index in [2.05, 4.69) is 37.4 Å². The summed E-state index contributed by atoms with van der Waals surface area (Å²) in [6, 6.07) is 7.16. The molecule has 116 valence electrons. The molecule has 1 unspecified atom stereocenters. The lowest BCUT2D eigenvalue weighted by Crippen LogP contribution is -2.39. The summed E-state index contributed by atoms with van der Waals surface area (Å²) in [5.74, 6) is 1.95. The smallest absolute Gasteiger partial charge is 0.123 e. The highest BCUT2D eigenvalue weighted by Gasteiger charge is 2.25. The van der Waals surface area contributed by atoms with Gasteiger partial charge in [-0.2, -0.15) is 0 Å². The zero-order valence-corrected chi connectivity index (χ0v) is 13.5. The molecule has 1 N–H and O–H groups in total. The maximum atomic E-state index is 6.06. The van der Waals surface area contributed by atoms with Crippen molar-refractivity contribution in [2.75, 3.05) is 6.54 Å². The second kappa shape index (κ2) is 6.83. The molecule has 2 nitrogen and oxygen atoms in total. The normalized spacial score (nSPS) is 24.2. The van der Waals surface area contributed by atoms with Crippen molar-refractivity contribution in [3.8, 4) is 5.75 Å². The average molecular weight is 287 g/mol. The van der Waals surface area contributed by atoms with Gasteiger partial charge in [0.25, 0.3) is 0 Å². The molecule has 1 aromatic carbocycles. The van der Waals surface area contributed by atoms with Crippen LogP contribution < -0.4 is 10.1 Å². The van der Waals surface area contributed by atoms with E-state index in [4.69, 9.17) is 4.74 Å². The molecule has 1 saturated carbocycles. The molecule has 0 saturated heterocycles. The maximum Gasteiger partial charge on any atom is 0.123 e. The van der Waals surface area contributed by atoms with Gasteiger partial charge in [-0.05, 0) is 44.2 Å². The molecule has 0 bridgehead atoms. The summed E-state index contributed by atoms with van der Waals surface area (Å²) >= 11 is 0. The van der Waals surface area contributed by atoms with Crippen LogP contribution in [0.3, 0.4) is 0 Å². The summed E-state index contributed by atoms with van der Waals surface area (Å²) in [5.41, 5.74) is 2.71. The van der Waals surface area contributed by atoms with Gasteiger partial charge in [0.2, 0.25) is 0 Å². The van der Waals surface area contributed by atoms with E-state index in [0.717, 1.165) is 24.6 Å². The molecular formula is C19H29NO. The van der Waals surface area contributed by atoms with Crippen LogP contribution in [0.1, 0.15) is 56.6 Å². The van der Waals surface area contributed by atoms with Gasteiger partial charge in [-0.15, -0.1) is 0 Å². The second-order valence-corrected chi connectivity index (χ2v) is 7.00. The SMILES string of the molecule is Cc1ccc2c(c1)CC(CN[C@H](C)C1CCCCCC1)O2. The molecule has 1 heterocycles. The molecule has 0 radical (unpaired) electrons. The first-order valence-electron chi connectivity index (χ1n) is 8.72. The molecular weight excluding hydrogens is 258 g/mol. The first-order valence-corrected chi connectivity index (χ1v) is 8.72. The Balaban J connectivity index is 1.48. The Morgan fingerprint density at radius 2 is 1.95 bits per heavy atom. The van der Waals surface area contributed by atoms with Gasteiger partial charge >= 0.3 is 0 Å². The zero-order valence-electron chi connectivity index (χ0n) is 13.5. The van der Waals surface area contributed by atoms with E-state index in [9.17, 15) is 0 Å². The van der Waals surface area contributed by atoms with E-state index >= 15 is 0 Å². The lowest BCUT2D eigenvalue weighted by Gasteiger charge is -2.25. The summed E-state index contributed by atoms with van der Waals surface area (Å²) in [6.45, 7) is 5.49. The monoisotopic (exact) mass is 287 g/mol. The number of hydrogen-bond donors (Lipinski definition) is 1. The van der Waals surface area contributed by atoms with E-state index in [0.29, 0.717) is 12.1 Å². The van der Waals surface area contributed by atoms with Crippen LogP contribution in [0, 0.1) is 12.8 Å². The van der Waals surface area contributed by atoms with Gasteiger partial charge in [-0.25, -0.2) is 0 Å². The maximum absolute atomic E-state index is 6.06. The van der Waals surface area contributed by atoms with Gasteiger partial charge < -0.3 is 10.1 Å². The molecule has 1 fully saturated rings. The Hall–Kier alpha value is -1.02. The fourth-order valence-electron chi connectivity index (χ4n) is 3.86. The van der Waals surface area contributed by atoms with Gasteiger partial charge in [0.05, 0.1) is 0 Å². The van der Waals surface area contributed by atoms with Crippen LogP contribution in [0.15, 0.2) is 18.2 Å². The first kappa shape index (κ1) is 14.9. The zero-order chi connectivity index (χ0) is 14.7. The summed E-state index contributed by atoms with van der Waals surface area (Å²) < 4.78 is 6.06. The molecule has 0 spiro atoms. The highest BCUT2D eigenvalue weighted by molar-refractivity contribution is 5.40. The Kier molecular flexibility index (Phi) is 4.84. The molecule has 1 aliphatic heterocycles. The van der Waals surface area contributed by atoms with Crippen molar-refractivity contribution in [3.05, 3.63) is 29.3 Å². The van der Waals surface area contributed by atoms with Crippen molar-refractivity contribution >= 4 is 0 Å². The Bertz CT molecular complexity index is 463. The van der Waals surface area contributed by atoms with Crippen molar-refractivity contribution < 1.29 is 4.74 Å². The number of benzene rings is 1. The third-order valence-electron chi connectivity index (χ3n) is 5.23. The molecule has 1 aliphatic carbocycles. The van der Waals surface area contributed by atoms with Gasteiger partial charge in [0.15, 0.2) is 0 Å². The molecule has 2 atom stereocenters. The minimum absolute atomic E-state index is 0.315. The first-order chi connectivity index (χ1) is 10.2.